The molecule has 0 spiro atoms. The Hall–Kier alpha value is -1.42. The van der Waals surface area contributed by atoms with Gasteiger partial charge in [-0.3, -0.25) is 0 Å². The lowest BCUT2D eigenvalue weighted by Crippen LogP contribution is -2.21. The van der Waals surface area contributed by atoms with Crippen molar-refractivity contribution in [1.82, 2.24) is 0 Å². The number of nitrogens with zero attached hydrogens (tertiary/aromatic N) is 1. The molecule has 1 aliphatic heterocycles. The van der Waals surface area contributed by atoms with Gasteiger partial charge in [0.1, 0.15) is 0 Å². The van der Waals surface area contributed by atoms with Crippen LogP contribution in [0, 0.1) is 12.3 Å². The Kier molecular flexibility index (Phi) is 2.17. The molecule has 2 fully saturated rings. The van der Waals surface area contributed by atoms with E-state index < -0.39 is 0 Å². The largest absolute Gasteiger partial charge is 0.371 e. The van der Waals surface area contributed by atoms with Crippen molar-refractivity contribution >= 4 is 5.69 Å². The minimum atomic E-state index is 0.0686. The van der Waals surface area contributed by atoms with Gasteiger partial charge in [0.25, 0.3) is 0 Å². The number of rotatable bonds is 2. The van der Waals surface area contributed by atoms with Crippen LogP contribution >= 0.6 is 0 Å². The van der Waals surface area contributed by atoms with E-state index >= 15 is 0 Å². The first kappa shape index (κ1) is 9.78. The molecule has 0 bridgehead atoms. The van der Waals surface area contributed by atoms with Crippen LogP contribution in [0.5, 0.6) is 0 Å². The molecule has 0 amide bonds. The van der Waals surface area contributed by atoms with E-state index in [9.17, 15) is 0 Å². The van der Waals surface area contributed by atoms with Crippen LogP contribution in [0.3, 0.4) is 0 Å². The molecule has 1 aromatic carbocycles. The van der Waals surface area contributed by atoms with E-state index in [0.717, 1.165) is 12.8 Å². The Balaban J connectivity index is 2.01. The lowest BCUT2D eigenvalue weighted by Gasteiger charge is -2.23. The van der Waals surface area contributed by atoms with Gasteiger partial charge in [0.2, 0.25) is 0 Å². The van der Waals surface area contributed by atoms with Gasteiger partial charge in [-0.15, -0.1) is 6.42 Å². The molecule has 1 heterocycles. The fourth-order valence-corrected chi connectivity index (χ4v) is 2.73. The average molecular weight is 211 g/mol. The summed E-state index contributed by atoms with van der Waals surface area (Å²) >= 11 is 0. The molecule has 3 rings (SSSR count). The fourth-order valence-electron chi connectivity index (χ4n) is 2.73. The van der Waals surface area contributed by atoms with Gasteiger partial charge in [-0.1, -0.05) is 24.1 Å². The van der Waals surface area contributed by atoms with Crippen LogP contribution in [0.25, 0.3) is 0 Å². The number of hydrogen-bond donors (Lipinski definition) is 0. The maximum Gasteiger partial charge on any atom is 0.0581 e. The van der Waals surface area contributed by atoms with Crippen LogP contribution in [0.4, 0.5) is 5.69 Å². The molecule has 1 saturated carbocycles. The lowest BCUT2D eigenvalue weighted by atomic mass is 9.94. The van der Waals surface area contributed by atoms with Crippen molar-refractivity contribution in [2.45, 2.75) is 31.1 Å². The zero-order valence-corrected chi connectivity index (χ0v) is 9.58. The van der Waals surface area contributed by atoms with Gasteiger partial charge >= 0.3 is 0 Å². The Labute approximate surface area is 97.5 Å². The summed E-state index contributed by atoms with van der Waals surface area (Å²) in [7, 11) is 0. The highest BCUT2D eigenvalue weighted by atomic mass is 15.1. The van der Waals surface area contributed by atoms with Crippen molar-refractivity contribution in [2.24, 2.45) is 0 Å². The number of para-hydroxylation sites is 1. The van der Waals surface area contributed by atoms with Crippen molar-refractivity contribution < 1.29 is 0 Å². The summed E-state index contributed by atoms with van der Waals surface area (Å²) in [5.41, 5.74) is 2.84. The summed E-state index contributed by atoms with van der Waals surface area (Å²) in [6, 6.07) is 8.70. The summed E-state index contributed by atoms with van der Waals surface area (Å²) in [6.45, 7) is 2.38. The SMILES string of the molecule is C#CC1(c2ccccc2N2CCCC2)CC1. The first-order chi connectivity index (χ1) is 7.86. The van der Waals surface area contributed by atoms with E-state index in [1.54, 1.807) is 0 Å². The predicted octanol–water partition coefficient (Wildman–Crippen LogP) is 2.95. The van der Waals surface area contributed by atoms with Crippen molar-refractivity contribution in [1.29, 1.82) is 0 Å². The molecule has 16 heavy (non-hydrogen) atoms. The van der Waals surface area contributed by atoms with Gasteiger partial charge in [-0.2, -0.15) is 0 Å². The molecule has 1 aromatic rings. The smallest absolute Gasteiger partial charge is 0.0581 e. The standard InChI is InChI=1S/C15H17N/c1-2-15(9-10-15)13-7-3-4-8-14(13)16-11-5-6-12-16/h1,3-4,7-8H,5-6,9-12H2. The van der Waals surface area contributed by atoms with Crippen molar-refractivity contribution in [3.63, 3.8) is 0 Å². The lowest BCUT2D eigenvalue weighted by molar-refractivity contribution is 0.887. The Morgan fingerprint density at radius 3 is 2.44 bits per heavy atom. The predicted molar refractivity (Wildman–Crippen MR) is 67.6 cm³/mol. The van der Waals surface area contributed by atoms with E-state index in [1.807, 2.05) is 0 Å². The summed E-state index contributed by atoms with van der Waals surface area (Å²) in [6.07, 6.45) is 10.7. The molecule has 0 atom stereocenters. The van der Waals surface area contributed by atoms with Crippen molar-refractivity contribution in [2.75, 3.05) is 18.0 Å². The zero-order chi connectivity index (χ0) is 11.0. The Morgan fingerprint density at radius 2 is 1.81 bits per heavy atom. The second-order valence-electron chi connectivity index (χ2n) is 4.94. The average Bonchev–Trinajstić information content (AvgIpc) is 2.95. The molecule has 0 aromatic heterocycles. The third-order valence-corrected chi connectivity index (χ3v) is 3.89. The van der Waals surface area contributed by atoms with Gasteiger partial charge in [0.15, 0.2) is 0 Å². The molecule has 1 nitrogen and oxygen atoms in total. The van der Waals surface area contributed by atoms with Gasteiger partial charge in [0, 0.05) is 18.8 Å². The van der Waals surface area contributed by atoms with Gasteiger partial charge in [-0.05, 0) is 37.3 Å². The monoisotopic (exact) mass is 211 g/mol. The minimum Gasteiger partial charge on any atom is -0.371 e. The Bertz CT molecular complexity index is 431. The maximum atomic E-state index is 5.70. The molecular formula is C15H17N. The normalized spacial score (nSPS) is 21.8. The van der Waals surface area contributed by atoms with E-state index in [-0.39, 0.29) is 5.41 Å². The van der Waals surface area contributed by atoms with Crippen LogP contribution in [-0.4, -0.2) is 13.1 Å². The Morgan fingerprint density at radius 1 is 1.12 bits per heavy atom. The third-order valence-electron chi connectivity index (χ3n) is 3.89. The summed E-state index contributed by atoms with van der Waals surface area (Å²) < 4.78 is 0. The van der Waals surface area contributed by atoms with Gasteiger partial charge < -0.3 is 4.90 Å². The minimum absolute atomic E-state index is 0.0686. The van der Waals surface area contributed by atoms with Crippen LogP contribution < -0.4 is 4.90 Å². The topological polar surface area (TPSA) is 3.24 Å². The van der Waals surface area contributed by atoms with Crippen molar-refractivity contribution in [3.05, 3.63) is 29.8 Å². The molecule has 1 saturated heterocycles. The summed E-state index contributed by atoms with van der Waals surface area (Å²) in [5, 5.41) is 0. The second-order valence-corrected chi connectivity index (χ2v) is 4.94. The van der Waals surface area contributed by atoms with E-state index in [2.05, 4.69) is 35.1 Å². The fraction of sp³-hybridized carbons (Fsp3) is 0.467. The first-order valence-electron chi connectivity index (χ1n) is 6.18. The highest BCUT2D eigenvalue weighted by molar-refractivity contribution is 5.61. The zero-order valence-electron chi connectivity index (χ0n) is 9.58. The molecule has 0 radical (unpaired) electrons. The molecule has 1 aliphatic carbocycles. The number of benzene rings is 1. The highest BCUT2D eigenvalue weighted by Crippen LogP contribution is 2.50. The molecule has 0 unspecified atom stereocenters. The molecule has 2 aliphatic rings. The summed E-state index contributed by atoms with van der Waals surface area (Å²) in [4.78, 5) is 2.49. The number of terminal acetylenes is 1. The molecule has 82 valence electrons. The quantitative estimate of drug-likeness (QED) is 0.680. The highest BCUT2D eigenvalue weighted by Gasteiger charge is 2.44. The first-order valence-corrected chi connectivity index (χ1v) is 6.18. The van der Waals surface area contributed by atoms with Gasteiger partial charge in [0.05, 0.1) is 5.41 Å². The molecule has 1 heteroatoms. The van der Waals surface area contributed by atoms with Crippen LogP contribution in [-0.2, 0) is 5.41 Å². The van der Waals surface area contributed by atoms with Gasteiger partial charge in [-0.25, -0.2) is 0 Å². The molecule has 0 N–H and O–H groups in total. The van der Waals surface area contributed by atoms with Crippen LogP contribution in [0.2, 0.25) is 0 Å². The molecular weight excluding hydrogens is 194 g/mol. The maximum absolute atomic E-state index is 5.70. The van der Waals surface area contributed by atoms with E-state index in [4.69, 9.17) is 6.42 Å². The third kappa shape index (κ3) is 1.41. The number of anilines is 1. The van der Waals surface area contributed by atoms with E-state index in [0.29, 0.717) is 0 Å². The van der Waals surface area contributed by atoms with E-state index in [1.165, 1.54) is 37.2 Å². The van der Waals surface area contributed by atoms with Crippen LogP contribution in [0.1, 0.15) is 31.2 Å². The number of hydrogen-bond acceptors (Lipinski definition) is 1. The van der Waals surface area contributed by atoms with Crippen molar-refractivity contribution in [3.8, 4) is 12.3 Å². The van der Waals surface area contributed by atoms with Crippen LogP contribution in [0.15, 0.2) is 24.3 Å². The second kappa shape index (κ2) is 3.56. The summed E-state index contributed by atoms with van der Waals surface area (Å²) in [5.74, 6) is 3.01.